The van der Waals surface area contributed by atoms with E-state index in [1.54, 1.807) is 54.4 Å². The number of carbonyl (C=O) groups excluding carboxylic acids is 3. The second-order valence-corrected chi connectivity index (χ2v) is 8.29. The molecule has 0 saturated carbocycles. The van der Waals surface area contributed by atoms with Crippen LogP contribution >= 0.6 is 0 Å². The molecule has 2 N–H and O–H groups in total. The molecule has 2 aliphatic rings. The Hall–Kier alpha value is -4.33. The topological polar surface area (TPSA) is 97.0 Å². The molecule has 2 heterocycles. The number of rotatable bonds is 4. The molecule has 5 rings (SSSR count). The van der Waals surface area contributed by atoms with Gasteiger partial charge in [-0.25, -0.2) is 0 Å². The summed E-state index contributed by atoms with van der Waals surface area (Å²) in [4.78, 5) is 40.0. The maximum absolute atomic E-state index is 13.7. The first-order valence-electron chi connectivity index (χ1n) is 10.9. The minimum atomic E-state index is -0.677. The zero-order valence-electron chi connectivity index (χ0n) is 18.7. The lowest BCUT2D eigenvalue weighted by Gasteiger charge is -2.39. The number of hydrogen-bond acceptors (Lipinski definition) is 5. The molecule has 2 aliphatic heterocycles. The van der Waals surface area contributed by atoms with Gasteiger partial charge >= 0.3 is 0 Å². The minimum Gasteiger partial charge on any atom is -0.454 e. The van der Waals surface area contributed by atoms with Gasteiger partial charge in [0, 0.05) is 30.9 Å². The fraction of sp³-hybridized carbons (Fsp3) is 0.192. The molecule has 0 saturated heterocycles. The molecule has 3 aromatic carbocycles. The average Bonchev–Trinajstić information content (AvgIpc) is 3.29. The molecule has 172 valence electrons. The van der Waals surface area contributed by atoms with Crippen molar-refractivity contribution in [1.29, 1.82) is 0 Å². The molecule has 0 radical (unpaired) electrons. The molecular formula is C26H23N3O5. The normalized spacial score (nSPS) is 18.3. The summed E-state index contributed by atoms with van der Waals surface area (Å²) in [6.07, 6.45) is 0. The Morgan fingerprint density at radius 3 is 2.44 bits per heavy atom. The highest BCUT2D eigenvalue weighted by atomic mass is 16.7. The van der Waals surface area contributed by atoms with Gasteiger partial charge in [-0.15, -0.1) is 0 Å². The second-order valence-electron chi connectivity index (χ2n) is 8.29. The summed E-state index contributed by atoms with van der Waals surface area (Å²) in [5.41, 5.74) is 3.03. The van der Waals surface area contributed by atoms with Gasteiger partial charge in [0.05, 0.1) is 12.0 Å². The van der Waals surface area contributed by atoms with Crippen LogP contribution in [-0.2, 0) is 9.59 Å². The average molecular weight is 457 g/mol. The van der Waals surface area contributed by atoms with Crippen molar-refractivity contribution in [1.82, 2.24) is 4.90 Å². The summed E-state index contributed by atoms with van der Waals surface area (Å²) in [6, 6.07) is 19.0. The van der Waals surface area contributed by atoms with Crippen molar-refractivity contribution in [3.8, 4) is 11.5 Å². The van der Waals surface area contributed by atoms with Crippen LogP contribution in [-0.4, -0.2) is 36.5 Å². The lowest BCUT2D eigenvalue weighted by molar-refractivity contribution is -0.119. The number of anilines is 2. The van der Waals surface area contributed by atoms with Gasteiger partial charge in [-0.3, -0.25) is 14.4 Å². The third kappa shape index (κ3) is 3.83. The number of carbonyl (C=O) groups is 3. The Bertz CT molecular complexity index is 1310. The van der Waals surface area contributed by atoms with Crippen LogP contribution in [0, 0.1) is 0 Å². The Morgan fingerprint density at radius 2 is 1.65 bits per heavy atom. The van der Waals surface area contributed by atoms with Crippen LogP contribution < -0.4 is 20.1 Å². The zero-order chi connectivity index (χ0) is 23.8. The van der Waals surface area contributed by atoms with E-state index in [4.69, 9.17) is 9.47 Å². The fourth-order valence-corrected chi connectivity index (χ4v) is 4.57. The Kier molecular flexibility index (Phi) is 5.41. The molecule has 3 amide bonds. The molecule has 0 spiro atoms. The molecule has 0 fully saturated rings. The van der Waals surface area contributed by atoms with Crippen LogP contribution in [0.1, 0.15) is 40.4 Å². The first kappa shape index (κ1) is 21.5. The largest absolute Gasteiger partial charge is 0.454 e. The molecule has 0 bridgehead atoms. The van der Waals surface area contributed by atoms with Crippen molar-refractivity contribution >= 4 is 29.1 Å². The summed E-state index contributed by atoms with van der Waals surface area (Å²) >= 11 is 0. The van der Waals surface area contributed by atoms with Gasteiger partial charge in [0.1, 0.15) is 0 Å². The van der Waals surface area contributed by atoms with Crippen LogP contribution in [0.15, 0.2) is 66.7 Å². The highest BCUT2D eigenvalue weighted by Gasteiger charge is 2.43. The van der Waals surface area contributed by atoms with E-state index in [0.717, 1.165) is 5.56 Å². The summed E-state index contributed by atoms with van der Waals surface area (Å²) in [5.74, 6) is -0.0927. The first-order valence-corrected chi connectivity index (χ1v) is 10.9. The summed E-state index contributed by atoms with van der Waals surface area (Å²) in [5, 5.41) is 5.69. The molecule has 3 aromatic rings. The van der Waals surface area contributed by atoms with E-state index in [-0.39, 0.29) is 24.5 Å². The van der Waals surface area contributed by atoms with Crippen LogP contribution in [0.25, 0.3) is 0 Å². The maximum Gasteiger partial charge on any atom is 0.254 e. The highest BCUT2D eigenvalue weighted by molar-refractivity contribution is 6.04. The van der Waals surface area contributed by atoms with E-state index < -0.39 is 12.0 Å². The molecule has 34 heavy (non-hydrogen) atoms. The molecule has 0 aromatic heterocycles. The van der Waals surface area contributed by atoms with Crippen LogP contribution in [0.2, 0.25) is 0 Å². The molecule has 0 aliphatic carbocycles. The maximum atomic E-state index is 13.7. The summed E-state index contributed by atoms with van der Waals surface area (Å²) in [6.45, 7) is 1.56. The minimum absolute atomic E-state index is 0.135. The lowest BCUT2D eigenvalue weighted by Crippen LogP contribution is -2.44. The monoisotopic (exact) mass is 457 g/mol. The van der Waals surface area contributed by atoms with E-state index in [2.05, 4.69) is 10.6 Å². The van der Waals surface area contributed by atoms with Gasteiger partial charge in [0.25, 0.3) is 5.91 Å². The van der Waals surface area contributed by atoms with Gasteiger partial charge in [0.2, 0.25) is 18.6 Å². The van der Waals surface area contributed by atoms with Crippen molar-refractivity contribution in [2.45, 2.75) is 18.9 Å². The Morgan fingerprint density at radius 1 is 0.912 bits per heavy atom. The van der Waals surface area contributed by atoms with E-state index in [1.807, 2.05) is 24.3 Å². The highest BCUT2D eigenvalue weighted by Crippen LogP contribution is 2.45. The number of nitrogens with zero attached hydrogens (tertiary/aromatic N) is 1. The van der Waals surface area contributed by atoms with Gasteiger partial charge in [-0.2, -0.15) is 0 Å². The first-order chi connectivity index (χ1) is 16.4. The van der Waals surface area contributed by atoms with E-state index in [1.165, 1.54) is 6.92 Å². The second kappa shape index (κ2) is 8.55. The number of likely N-dealkylation sites (N-methyl/N-ethyl adjacent to an activating group) is 1. The molecule has 0 unspecified atom stereocenters. The van der Waals surface area contributed by atoms with E-state index >= 15 is 0 Å². The SMILES string of the molecule is CC(=O)Nc1cccc(NC(=O)[C@H]2c3ccccc3C(=O)N(C)[C@H]2c2ccc3c(c2)OCO3)c1. The predicted octanol–water partition coefficient (Wildman–Crippen LogP) is 3.92. The fourth-order valence-electron chi connectivity index (χ4n) is 4.57. The third-order valence-corrected chi connectivity index (χ3v) is 6.05. The zero-order valence-corrected chi connectivity index (χ0v) is 18.7. The van der Waals surface area contributed by atoms with Gasteiger partial charge < -0.3 is 25.0 Å². The Labute approximate surface area is 196 Å². The predicted molar refractivity (Wildman–Crippen MR) is 126 cm³/mol. The van der Waals surface area contributed by atoms with Crippen LogP contribution in [0.3, 0.4) is 0 Å². The number of nitrogens with one attached hydrogen (secondary N) is 2. The molecule has 2 atom stereocenters. The molecule has 8 nitrogen and oxygen atoms in total. The number of hydrogen-bond donors (Lipinski definition) is 2. The van der Waals surface area contributed by atoms with Crippen molar-refractivity contribution in [2.75, 3.05) is 24.5 Å². The van der Waals surface area contributed by atoms with E-state index in [9.17, 15) is 14.4 Å². The van der Waals surface area contributed by atoms with E-state index in [0.29, 0.717) is 34.0 Å². The van der Waals surface area contributed by atoms with Gasteiger partial charge in [-0.05, 0) is 47.5 Å². The van der Waals surface area contributed by atoms with Crippen molar-refractivity contribution in [3.05, 3.63) is 83.4 Å². The number of fused-ring (bicyclic) bond motifs is 2. The smallest absolute Gasteiger partial charge is 0.254 e. The van der Waals surface area contributed by atoms with Gasteiger partial charge in [0.15, 0.2) is 11.5 Å². The van der Waals surface area contributed by atoms with Crippen molar-refractivity contribution < 1.29 is 23.9 Å². The van der Waals surface area contributed by atoms with Gasteiger partial charge in [-0.1, -0.05) is 30.3 Å². The standard InChI is InChI=1S/C26H23N3O5/c1-15(30)27-17-6-5-7-18(13-17)28-25(31)23-19-8-3-4-9-20(19)26(32)29(2)24(23)16-10-11-21-22(12-16)34-14-33-21/h3-13,23-24H,14H2,1-2H3,(H,27,30)(H,28,31)/t23-,24-/m0/s1. The molecular weight excluding hydrogens is 434 g/mol. The quantitative estimate of drug-likeness (QED) is 0.619. The van der Waals surface area contributed by atoms with Crippen molar-refractivity contribution in [3.63, 3.8) is 0 Å². The van der Waals surface area contributed by atoms with Crippen LogP contribution in [0.5, 0.6) is 11.5 Å². The van der Waals surface area contributed by atoms with Crippen LogP contribution in [0.4, 0.5) is 11.4 Å². The molecule has 8 heteroatoms. The number of benzene rings is 3. The lowest BCUT2D eigenvalue weighted by atomic mass is 9.79. The number of ether oxygens (including phenoxy) is 2. The summed E-state index contributed by atoms with van der Waals surface area (Å²) in [7, 11) is 1.70. The number of amides is 3. The summed E-state index contributed by atoms with van der Waals surface area (Å²) < 4.78 is 11.0. The third-order valence-electron chi connectivity index (χ3n) is 6.05. The Balaban J connectivity index is 1.55. The van der Waals surface area contributed by atoms with Crippen molar-refractivity contribution in [2.24, 2.45) is 0 Å².